The van der Waals surface area contributed by atoms with Crippen LogP contribution in [0, 0.1) is 5.92 Å². The minimum absolute atomic E-state index is 0.0832. The molecule has 1 aromatic rings. The Morgan fingerprint density at radius 1 is 1.26 bits per heavy atom. The van der Waals surface area contributed by atoms with Gasteiger partial charge in [-0.3, -0.25) is 9.69 Å². The van der Waals surface area contributed by atoms with Crippen molar-refractivity contribution in [2.24, 2.45) is 5.92 Å². The number of piperazine rings is 1. The second-order valence-corrected chi connectivity index (χ2v) is 7.06. The van der Waals surface area contributed by atoms with E-state index in [2.05, 4.69) is 18.7 Å². The van der Waals surface area contributed by atoms with Crippen molar-refractivity contribution < 1.29 is 9.53 Å². The fraction of sp³-hybridized carbons (Fsp3) is 0.500. The lowest BCUT2D eigenvalue weighted by molar-refractivity contribution is -0.129. The molecule has 23 heavy (non-hydrogen) atoms. The van der Waals surface area contributed by atoms with E-state index in [1.54, 1.807) is 6.07 Å². The van der Waals surface area contributed by atoms with E-state index in [1.807, 2.05) is 23.1 Å². The van der Waals surface area contributed by atoms with Gasteiger partial charge in [-0.05, 0) is 30.2 Å². The first-order valence-electron chi connectivity index (χ1n) is 8.17. The van der Waals surface area contributed by atoms with Gasteiger partial charge in [-0.1, -0.05) is 25.4 Å². The molecule has 0 N–H and O–H groups in total. The Morgan fingerprint density at radius 2 is 2.00 bits per heavy atom. The van der Waals surface area contributed by atoms with Gasteiger partial charge in [0.15, 0.2) is 0 Å². The fourth-order valence-electron chi connectivity index (χ4n) is 3.12. The van der Waals surface area contributed by atoms with Crippen molar-refractivity contribution in [1.82, 2.24) is 9.80 Å². The maximum absolute atomic E-state index is 12.7. The van der Waals surface area contributed by atoms with Gasteiger partial charge < -0.3 is 9.64 Å². The lowest BCUT2D eigenvalue weighted by Gasteiger charge is -2.36. The Balaban J connectivity index is 1.65. The summed E-state index contributed by atoms with van der Waals surface area (Å²) in [5.41, 5.74) is 1.59. The van der Waals surface area contributed by atoms with Crippen LogP contribution in [0.1, 0.15) is 19.4 Å². The Kier molecular flexibility index (Phi) is 4.93. The average Bonchev–Trinajstić information content (AvgIpc) is 2.53. The second kappa shape index (κ2) is 6.93. The van der Waals surface area contributed by atoms with Gasteiger partial charge in [-0.25, -0.2) is 0 Å². The highest BCUT2D eigenvalue weighted by atomic mass is 35.5. The number of halogens is 1. The molecule has 0 atom stereocenters. The number of rotatable bonds is 3. The van der Waals surface area contributed by atoms with E-state index >= 15 is 0 Å². The number of carbonyl (C=O) groups excluding carboxylic acids is 1. The molecule has 5 heteroatoms. The molecule has 1 amide bonds. The Labute approximate surface area is 142 Å². The van der Waals surface area contributed by atoms with Crippen LogP contribution in [-0.4, -0.2) is 55.0 Å². The summed E-state index contributed by atoms with van der Waals surface area (Å²) in [6.07, 6.45) is 1.91. The van der Waals surface area contributed by atoms with Crippen molar-refractivity contribution in [2.75, 3.05) is 39.3 Å². The third kappa shape index (κ3) is 3.88. The first-order chi connectivity index (χ1) is 11.0. The topological polar surface area (TPSA) is 32.8 Å². The van der Waals surface area contributed by atoms with E-state index in [1.165, 1.54) is 0 Å². The van der Waals surface area contributed by atoms with Crippen LogP contribution in [0.25, 0.3) is 6.08 Å². The third-order valence-corrected chi connectivity index (χ3v) is 4.48. The number of hydrogen-bond donors (Lipinski definition) is 0. The lowest BCUT2D eigenvalue weighted by Crippen LogP contribution is -2.50. The molecule has 2 aliphatic heterocycles. The molecule has 0 saturated carbocycles. The minimum atomic E-state index is 0.0832. The van der Waals surface area contributed by atoms with Crippen LogP contribution in [0.5, 0.6) is 5.75 Å². The zero-order chi connectivity index (χ0) is 16.4. The highest BCUT2D eigenvalue weighted by Gasteiger charge is 2.26. The van der Waals surface area contributed by atoms with Gasteiger partial charge in [0.25, 0.3) is 5.91 Å². The number of benzene rings is 1. The van der Waals surface area contributed by atoms with Crippen LogP contribution < -0.4 is 4.74 Å². The van der Waals surface area contributed by atoms with Crippen molar-refractivity contribution in [3.63, 3.8) is 0 Å². The highest BCUT2D eigenvalue weighted by molar-refractivity contribution is 6.30. The van der Waals surface area contributed by atoms with Gasteiger partial charge in [0.1, 0.15) is 12.4 Å². The first kappa shape index (κ1) is 16.3. The summed E-state index contributed by atoms with van der Waals surface area (Å²) in [6.45, 7) is 9.34. The summed E-state index contributed by atoms with van der Waals surface area (Å²) < 4.78 is 5.69. The van der Waals surface area contributed by atoms with Crippen LogP contribution in [-0.2, 0) is 4.79 Å². The van der Waals surface area contributed by atoms with E-state index in [4.69, 9.17) is 16.3 Å². The van der Waals surface area contributed by atoms with Crippen molar-refractivity contribution in [1.29, 1.82) is 0 Å². The highest BCUT2D eigenvalue weighted by Crippen LogP contribution is 2.29. The molecule has 0 bridgehead atoms. The van der Waals surface area contributed by atoms with Crippen LogP contribution >= 0.6 is 11.6 Å². The Hall–Kier alpha value is -1.52. The van der Waals surface area contributed by atoms with Gasteiger partial charge in [-0.2, -0.15) is 0 Å². The van der Waals surface area contributed by atoms with E-state index in [-0.39, 0.29) is 5.91 Å². The predicted molar refractivity (Wildman–Crippen MR) is 92.8 cm³/mol. The molecule has 0 aliphatic carbocycles. The maximum atomic E-state index is 12.7. The molecule has 2 heterocycles. The lowest BCUT2D eigenvalue weighted by atomic mass is 10.1. The molecule has 2 aliphatic rings. The third-order valence-electron chi connectivity index (χ3n) is 4.24. The van der Waals surface area contributed by atoms with E-state index in [0.717, 1.165) is 44.0 Å². The smallest absolute Gasteiger partial charge is 0.253 e. The zero-order valence-corrected chi connectivity index (χ0v) is 14.5. The number of hydrogen-bond acceptors (Lipinski definition) is 3. The van der Waals surface area contributed by atoms with Gasteiger partial charge in [0, 0.05) is 43.3 Å². The van der Waals surface area contributed by atoms with Crippen LogP contribution in [0.2, 0.25) is 5.02 Å². The van der Waals surface area contributed by atoms with Crippen molar-refractivity contribution in [3.05, 3.63) is 34.4 Å². The van der Waals surface area contributed by atoms with E-state index < -0.39 is 0 Å². The Morgan fingerprint density at radius 3 is 2.70 bits per heavy atom. The maximum Gasteiger partial charge on any atom is 0.253 e. The first-order valence-corrected chi connectivity index (χ1v) is 8.55. The quantitative estimate of drug-likeness (QED) is 0.852. The summed E-state index contributed by atoms with van der Waals surface area (Å²) in [5.74, 6) is 1.53. The molecular weight excluding hydrogens is 312 g/mol. The van der Waals surface area contributed by atoms with Crippen LogP contribution in [0.3, 0.4) is 0 Å². The second-order valence-electron chi connectivity index (χ2n) is 6.63. The van der Waals surface area contributed by atoms with Gasteiger partial charge in [0.05, 0.1) is 5.57 Å². The van der Waals surface area contributed by atoms with Crippen LogP contribution in [0.4, 0.5) is 0 Å². The number of ether oxygens (including phenoxy) is 1. The predicted octanol–water partition coefficient (Wildman–Crippen LogP) is 2.92. The number of nitrogens with zero attached hydrogens (tertiary/aromatic N) is 2. The number of carbonyl (C=O) groups is 1. The molecule has 4 nitrogen and oxygen atoms in total. The number of fused-ring (bicyclic) bond motifs is 1. The number of amides is 1. The van der Waals surface area contributed by atoms with Crippen LogP contribution in [0.15, 0.2) is 23.8 Å². The molecular formula is C18H23ClN2O2. The molecule has 0 radical (unpaired) electrons. The van der Waals surface area contributed by atoms with Gasteiger partial charge in [-0.15, -0.1) is 0 Å². The molecule has 1 aromatic carbocycles. The standard InChI is InChI=1S/C18H23ClN2O2/c1-13(2)11-20-5-7-21(8-6-20)18(22)15-9-14-10-16(19)3-4-17(14)23-12-15/h3-4,9-10,13H,5-8,11-12H2,1-2H3. The Bertz CT molecular complexity index is 619. The summed E-state index contributed by atoms with van der Waals surface area (Å²) >= 11 is 6.02. The summed E-state index contributed by atoms with van der Waals surface area (Å²) in [6, 6.07) is 5.49. The summed E-state index contributed by atoms with van der Waals surface area (Å²) in [4.78, 5) is 17.1. The molecule has 0 aromatic heterocycles. The largest absolute Gasteiger partial charge is 0.488 e. The molecule has 0 spiro atoms. The molecule has 1 fully saturated rings. The molecule has 124 valence electrons. The molecule has 3 rings (SSSR count). The van der Waals surface area contributed by atoms with Crippen molar-refractivity contribution in [3.8, 4) is 5.75 Å². The van der Waals surface area contributed by atoms with E-state index in [9.17, 15) is 4.79 Å². The van der Waals surface area contributed by atoms with Crippen molar-refractivity contribution in [2.45, 2.75) is 13.8 Å². The van der Waals surface area contributed by atoms with E-state index in [0.29, 0.717) is 23.1 Å². The van der Waals surface area contributed by atoms with Gasteiger partial charge in [0.2, 0.25) is 0 Å². The normalized spacial score (nSPS) is 18.4. The monoisotopic (exact) mass is 334 g/mol. The SMILES string of the molecule is CC(C)CN1CCN(C(=O)C2=Cc3cc(Cl)ccc3OC2)CC1. The zero-order valence-electron chi connectivity index (χ0n) is 13.7. The molecule has 1 saturated heterocycles. The fourth-order valence-corrected chi connectivity index (χ4v) is 3.31. The minimum Gasteiger partial charge on any atom is -0.488 e. The van der Waals surface area contributed by atoms with Gasteiger partial charge >= 0.3 is 0 Å². The molecule has 0 unspecified atom stereocenters. The summed E-state index contributed by atoms with van der Waals surface area (Å²) in [7, 11) is 0. The average molecular weight is 335 g/mol. The van der Waals surface area contributed by atoms with Crippen molar-refractivity contribution >= 4 is 23.6 Å². The summed E-state index contributed by atoms with van der Waals surface area (Å²) in [5, 5.41) is 0.652.